The molecule has 0 radical (unpaired) electrons. The van der Waals surface area contributed by atoms with E-state index in [1.807, 2.05) is 19.1 Å². The zero-order chi connectivity index (χ0) is 8.27. The summed E-state index contributed by atoms with van der Waals surface area (Å²) >= 11 is 0. The number of anilines is 1. The van der Waals surface area contributed by atoms with E-state index in [4.69, 9.17) is 5.39 Å². The Kier molecular flexibility index (Phi) is 12.7. The summed E-state index contributed by atoms with van der Waals surface area (Å²) in [6, 6.07) is 5.59. The average molecular weight is 285 g/mol. The Morgan fingerprint density at radius 1 is 1.36 bits per heavy atom. The van der Waals surface area contributed by atoms with Crippen molar-refractivity contribution < 1.29 is 31.9 Å². The molecule has 1 N–H and O–H groups in total. The predicted molar refractivity (Wildman–Crippen MR) is 52.7 cm³/mol. The third-order valence-electron chi connectivity index (χ3n) is 1.53. The van der Waals surface area contributed by atoms with Gasteiger partial charge in [-0.25, -0.2) is 0 Å². The van der Waals surface area contributed by atoms with Crippen molar-refractivity contribution in [1.82, 2.24) is 0 Å². The molecule has 0 fully saturated rings. The number of nitrogens with one attached hydrogen (secondary N) is 1. The van der Waals surface area contributed by atoms with Crippen molar-refractivity contribution in [2.45, 2.75) is 6.92 Å². The molecule has 1 aromatic carbocycles. The van der Waals surface area contributed by atoms with Crippen molar-refractivity contribution >= 4 is 23.8 Å². The molecule has 0 aromatic heterocycles. The largest absolute Gasteiger partial charge is 1.00 e. The molecule has 0 spiro atoms. The summed E-state index contributed by atoms with van der Waals surface area (Å²) in [5.41, 5.74) is 2.55. The van der Waals surface area contributed by atoms with Gasteiger partial charge in [0.25, 0.3) is 0 Å². The van der Waals surface area contributed by atoms with E-state index in [0.717, 1.165) is 11.3 Å². The van der Waals surface area contributed by atoms with Gasteiger partial charge < -0.3 is 17.7 Å². The van der Waals surface area contributed by atoms with E-state index >= 15 is 0 Å². The zero-order valence-corrected chi connectivity index (χ0v) is 12.7. The molecule has 0 atom stereocenters. The number of benzene rings is 1. The molecule has 6 heteroatoms. The smallest absolute Gasteiger partial charge is 0.407 e. The Morgan fingerprint density at radius 3 is 2.36 bits per heavy atom. The molecule has 0 amide bonds. The second-order valence-electron chi connectivity index (χ2n) is 2.37. The van der Waals surface area contributed by atoms with Gasteiger partial charge in [-0.05, 0) is 18.6 Å². The monoisotopic (exact) mass is 283 g/mol. The van der Waals surface area contributed by atoms with Crippen LogP contribution < -0.4 is 17.7 Å². The third kappa shape index (κ3) is 4.76. The summed E-state index contributed by atoms with van der Waals surface area (Å²) in [7, 11) is 1.80. The summed E-state index contributed by atoms with van der Waals surface area (Å²) in [5, 5.41) is 11.5. The van der Waals surface area contributed by atoms with Crippen LogP contribution in [0, 0.1) is 12.3 Å². The van der Waals surface area contributed by atoms with Crippen molar-refractivity contribution in [2.24, 2.45) is 0 Å². The van der Waals surface area contributed by atoms with Crippen LogP contribution >= 0.6 is 12.4 Å². The van der Waals surface area contributed by atoms with Crippen LogP contribution in [0.5, 0.6) is 0 Å². The Labute approximate surface area is 109 Å². The summed E-state index contributed by atoms with van der Waals surface area (Å²) in [5.74, 6) is 0. The zero-order valence-electron chi connectivity index (χ0n) is 8.12. The second kappa shape index (κ2) is 9.21. The summed E-state index contributed by atoms with van der Waals surface area (Å²) in [4.78, 5) is 3.12. The van der Waals surface area contributed by atoms with E-state index in [0.29, 0.717) is 5.69 Å². The Bertz CT molecular complexity index is 312. The fraction of sp³-hybridized carbons (Fsp3) is 0.250. The standard InChI is InChI=1S/C8H10N3.2ClH.Zn/c1-6-3-4-7(11-9)8(5-6)10-2;;;/h3-5,10H,1-2H3;2*1H;/q+1;;;/p-1. The minimum Gasteiger partial charge on any atom is -1.00 e. The maximum Gasteiger partial charge on any atom is 0.407 e. The number of diazo groups is 1. The van der Waals surface area contributed by atoms with Gasteiger partial charge in [-0.1, -0.05) is 6.07 Å². The molecule has 0 aliphatic carbocycles. The molecule has 0 unspecified atom stereocenters. The molecule has 0 heterocycles. The number of halogens is 2. The second-order valence-corrected chi connectivity index (χ2v) is 2.37. The molecule has 0 bridgehead atoms. The first kappa shape index (κ1) is 19.3. The van der Waals surface area contributed by atoms with E-state index in [9.17, 15) is 0 Å². The third-order valence-corrected chi connectivity index (χ3v) is 1.53. The summed E-state index contributed by atoms with van der Waals surface area (Å²) in [6.45, 7) is 1.99. The Hall–Kier alpha value is -0.357. The number of nitrogens with zero attached hydrogens (tertiary/aromatic N) is 2. The van der Waals surface area contributed by atoms with Gasteiger partial charge in [-0.2, -0.15) is 0 Å². The topological polar surface area (TPSA) is 40.2 Å². The van der Waals surface area contributed by atoms with Crippen LogP contribution in [0.2, 0.25) is 0 Å². The summed E-state index contributed by atoms with van der Waals surface area (Å²) < 4.78 is 0. The first-order chi connectivity index (χ1) is 5.27. The van der Waals surface area contributed by atoms with Crippen LogP contribution in [0.1, 0.15) is 5.56 Å². The first-order valence-electron chi connectivity index (χ1n) is 3.41. The van der Waals surface area contributed by atoms with Crippen LogP contribution in [0.25, 0.3) is 4.98 Å². The molecule has 0 aliphatic rings. The van der Waals surface area contributed by atoms with E-state index in [2.05, 4.69) is 10.3 Å². The van der Waals surface area contributed by atoms with Crippen molar-refractivity contribution in [3.63, 3.8) is 0 Å². The molecule has 0 saturated heterocycles. The predicted octanol–water partition coefficient (Wildman–Crippen LogP) is -0.0554. The SMILES string of the molecule is CNc1cc(C)ccc1[N+]#N.Cl.[Cl-].[Zn]. The average Bonchev–Trinajstić information content (AvgIpc) is 2.04. The van der Waals surface area contributed by atoms with Gasteiger partial charge in [0.05, 0.1) is 0 Å². The van der Waals surface area contributed by atoms with Gasteiger partial charge in [0.2, 0.25) is 5.39 Å². The quantitative estimate of drug-likeness (QED) is 0.580. The molecule has 0 aliphatic heterocycles. The van der Waals surface area contributed by atoms with Crippen LogP contribution in [0.15, 0.2) is 18.2 Å². The number of hydrogen-bond donors (Lipinski definition) is 1. The number of hydrogen-bond acceptors (Lipinski definition) is 2. The summed E-state index contributed by atoms with van der Waals surface area (Å²) in [6.07, 6.45) is 0. The van der Waals surface area contributed by atoms with Crippen molar-refractivity contribution in [3.8, 4) is 0 Å². The van der Waals surface area contributed by atoms with Crippen LogP contribution in [0.3, 0.4) is 0 Å². The number of rotatable bonds is 1. The Balaban J connectivity index is -0.000000403. The maximum absolute atomic E-state index is 8.53. The van der Waals surface area contributed by atoms with E-state index in [-0.39, 0.29) is 44.3 Å². The van der Waals surface area contributed by atoms with Gasteiger partial charge in [0.1, 0.15) is 5.69 Å². The van der Waals surface area contributed by atoms with Gasteiger partial charge in [0, 0.05) is 32.6 Å². The van der Waals surface area contributed by atoms with Gasteiger partial charge in [-0.3, -0.25) is 0 Å². The van der Waals surface area contributed by atoms with Crippen molar-refractivity contribution in [1.29, 1.82) is 5.39 Å². The van der Waals surface area contributed by atoms with Gasteiger partial charge in [-0.15, -0.1) is 12.4 Å². The number of aryl methyl sites for hydroxylation is 1. The van der Waals surface area contributed by atoms with Gasteiger partial charge in [0.15, 0.2) is 4.98 Å². The minimum atomic E-state index is 0. The van der Waals surface area contributed by atoms with Crippen LogP contribution in [0.4, 0.5) is 11.4 Å². The Morgan fingerprint density at radius 2 is 1.93 bits per heavy atom. The van der Waals surface area contributed by atoms with Gasteiger partial charge >= 0.3 is 5.69 Å². The molecular weight excluding hydrogens is 274 g/mol. The minimum absolute atomic E-state index is 0. The van der Waals surface area contributed by atoms with E-state index in [1.54, 1.807) is 13.1 Å². The molecular formula is C8H11Cl2N3Zn. The van der Waals surface area contributed by atoms with E-state index in [1.165, 1.54) is 0 Å². The van der Waals surface area contributed by atoms with Crippen LogP contribution in [-0.2, 0) is 19.5 Å². The van der Waals surface area contributed by atoms with Crippen molar-refractivity contribution in [2.75, 3.05) is 12.4 Å². The van der Waals surface area contributed by atoms with E-state index < -0.39 is 0 Å². The van der Waals surface area contributed by atoms with Crippen LogP contribution in [-0.4, -0.2) is 7.05 Å². The fourth-order valence-corrected chi connectivity index (χ4v) is 0.937. The fourth-order valence-electron chi connectivity index (χ4n) is 0.937. The first-order valence-corrected chi connectivity index (χ1v) is 3.41. The molecule has 1 aromatic rings. The molecule has 14 heavy (non-hydrogen) atoms. The van der Waals surface area contributed by atoms with Crippen molar-refractivity contribution in [3.05, 3.63) is 28.7 Å². The molecule has 74 valence electrons. The molecule has 1 rings (SSSR count). The normalized spacial score (nSPS) is 6.93. The molecule has 3 nitrogen and oxygen atoms in total. The molecule has 0 saturated carbocycles. The maximum atomic E-state index is 8.53.